The highest BCUT2D eigenvalue weighted by molar-refractivity contribution is 7.99. The van der Waals surface area contributed by atoms with Gasteiger partial charge in [0.25, 0.3) is 5.56 Å². The maximum absolute atomic E-state index is 13.6. The molecule has 1 aliphatic rings. The average molecular weight is 494 g/mol. The quantitative estimate of drug-likeness (QED) is 0.236. The monoisotopic (exact) mass is 493 g/mol. The summed E-state index contributed by atoms with van der Waals surface area (Å²) in [6.07, 6.45) is 7.67. The van der Waals surface area contributed by atoms with Gasteiger partial charge < -0.3 is 14.4 Å². The van der Waals surface area contributed by atoms with Gasteiger partial charge in [-0.15, -0.1) is 0 Å². The highest BCUT2D eigenvalue weighted by Crippen LogP contribution is 2.31. The molecule has 0 unspecified atom stereocenters. The summed E-state index contributed by atoms with van der Waals surface area (Å²) in [6, 6.07) is 12.9. The van der Waals surface area contributed by atoms with Gasteiger partial charge in [0.2, 0.25) is 5.91 Å². The number of anilines is 1. The van der Waals surface area contributed by atoms with E-state index in [4.69, 9.17) is 14.5 Å². The molecule has 35 heavy (non-hydrogen) atoms. The number of methoxy groups -OCH3 is 2. The summed E-state index contributed by atoms with van der Waals surface area (Å²) in [7, 11) is 4.85. The molecule has 0 N–H and O–H groups in total. The summed E-state index contributed by atoms with van der Waals surface area (Å²) in [5.74, 6) is 1.09. The molecule has 0 fully saturated rings. The summed E-state index contributed by atoms with van der Waals surface area (Å²) < 4.78 is 12.5. The number of hydrogen-bond donors (Lipinski definition) is 0. The zero-order valence-electron chi connectivity index (χ0n) is 20.5. The number of nitrogens with zero attached hydrogens (tertiary/aromatic N) is 3. The zero-order chi connectivity index (χ0) is 24.8. The molecule has 0 aliphatic heterocycles. The Kier molecular flexibility index (Phi) is 8.13. The lowest BCUT2D eigenvalue weighted by Gasteiger charge is -2.19. The van der Waals surface area contributed by atoms with Crippen molar-refractivity contribution in [3.63, 3.8) is 0 Å². The Labute approximate surface area is 209 Å². The maximum Gasteiger partial charge on any atom is 0.262 e. The minimum Gasteiger partial charge on any atom is -0.493 e. The Hall–Kier alpha value is -3.26. The molecule has 2 aromatic carbocycles. The lowest BCUT2D eigenvalue weighted by Crippen LogP contribution is -2.29. The minimum atomic E-state index is -0.140. The molecule has 0 atom stereocenters. The van der Waals surface area contributed by atoms with Crippen molar-refractivity contribution in [3.8, 4) is 11.5 Å². The van der Waals surface area contributed by atoms with Crippen LogP contribution in [-0.2, 0) is 11.3 Å². The van der Waals surface area contributed by atoms with Crippen molar-refractivity contribution in [2.24, 2.45) is 0 Å². The van der Waals surface area contributed by atoms with Crippen molar-refractivity contribution in [3.05, 3.63) is 64.5 Å². The van der Waals surface area contributed by atoms with Crippen LogP contribution in [0.15, 0.2) is 64.1 Å². The number of hydrogen-bond acceptors (Lipinski definition) is 6. The van der Waals surface area contributed by atoms with Crippen LogP contribution in [0, 0.1) is 0 Å². The Bertz CT molecular complexity index is 1290. The number of allylic oxidation sites excluding steroid dienone is 2. The third-order valence-electron chi connectivity index (χ3n) is 6.31. The highest BCUT2D eigenvalue weighted by Gasteiger charge is 2.18. The van der Waals surface area contributed by atoms with E-state index in [0.717, 1.165) is 24.9 Å². The molecule has 7 nitrogen and oxygen atoms in total. The topological polar surface area (TPSA) is 73.7 Å². The van der Waals surface area contributed by atoms with Crippen molar-refractivity contribution in [2.75, 3.05) is 31.9 Å². The number of carbonyl (C=O) groups is 1. The molecule has 184 valence electrons. The first-order valence-corrected chi connectivity index (χ1v) is 12.8. The molecule has 8 heteroatoms. The van der Waals surface area contributed by atoms with Crippen LogP contribution in [0.3, 0.4) is 0 Å². The molecule has 1 heterocycles. The van der Waals surface area contributed by atoms with Gasteiger partial charge in [0.1, 0.15) is 0 Å². The van der Waals surface area contributed by atoms with Crippen molar-refractivity contribution >= 4 is 34.3 Å². The Morgan fingerprint density at radius 1 is 1.11 bits per heavy atom. The van der Waals surface area contributed by atoms with E-state index in [0.29, 0.717) is 34.1 Å². The minimum absolute atomic E-state index is 0.0654. The van der Waals surface area contributed by atoms with Crippen LogP contribution in [0.1, 0.15) is 32.1 Å². The fourth-order valence-corrected chi connectivity index (χ4v) is 5.18. The molecule has 3 aromatic rings. The van der Waals surface area contributed by atoms with E-state index in [-0.39, 0.29) is 17.2 Å². The lowest BCUT2D eigenvalue weighted by molar-refractivity contribution is -0.115. The van der Waals surface area contributed by atoms with Gasteiger partial charge >= 0.3 is 0 Å². The summed E-state index contributed by atoms with van der Waals surface area (Å²) in [5, 5.41) is 0.998. The largest absolute Gasteiger partial charge is 0.493 e. The summed E-state index contributed by atoms with van der Waals surface area (Å²) in [5.41, 5.74) is 2.58. The number of benzene rings is 2. The van der Waals surface area contributed by atoms with Gasteiger partial charge in [0.15, 0.2) is 16.7 Å². The predicted octanol–water partition coefficient (Wildman–Crippen LogP) is 5.06. The van der Waals surface area contributed by atoms with Crippen LogP contribution in [0.2, 0.25) is 0 Å². The number of carbonyl (C=O) groups excluding carboxylic acids is 1. The van der Waals surface area contributed by atoms with E-state index in [2.05, 4.69) is 6.08 Å². The summed E-state index contributed by atoms with van der Waals surface area (Å²) in [4.78, 5) is 32.9. The first-order valence-electron chi connectivity index (χ1n) is 11.8. The van der Waals surface area contributed by atoms with Crippen LogP contribution in [0.4, 0.5) is 5.69 Å². The average Bonchev–Trinajstić information content (AvgIpc) is 2.91. The molecule has 0 spiro atoms. The molecule has 1 amide bonds. The molecular weight excluding hydrogens is 462 g/mol. The fraction of sp³-hybridized carbons (Fsp3) is 0.370. The number of fused-ring (bicyclic) bond motifs is 1. The zero-order valence-corrected chi connectivity index (χ0v) is 21.3. The van der Waals surface area contributed by atoms with Gasteiger partial charge in [-0.05, 0) is 50.3 Å². The number of thioether (sulfide) groups is 1. The third-order valence-corrected chi connectivity index (χ3v) is 7.27. The second-order valence-electron chi connectivity index (χ2n) is 8.51. The number of amides is 1. The van der Waals surface area contributed by atoms with E-state index in [1.165, 1.54) is 30.2 Å². The first-order chi connectivity index (χ1) is 17.0. The van der Waals surface area contributed by atoms with Crippen molar-refractivity contribution < 1.29 is 14.3 Å². The summed E-state index contributed by atoms with van der Waals surface area (Å²) in [6.45, 7) is 0.521. The van der Waals surface area contributed by atoms with Gasteiger partial charge in [-0.1, -0.05) is 41.6 Å². The predicted molar refractivity (Wildman–Crippen MR) is 141 cm³/mol. The summed E-state index contributed by atoms with van der Waals surface area (Å²) >= 11 is 1.29. The molecular formula is C27H31N3O4S. The second-order valence-corrected chi connectivity index (χ2v) is 9.45. The van der Waals surface area contributed by atoms with Gasteiger partial charge in [-0.25, -0.2) is 4.98 Å². The molecule has 0 radical (unpaired) electrons. The Balaban J connectivity index is 1.66. The van der Waals surface area contributed by atoms with E-state index in [1.54, 1.807) is 42.9 Å². The molecule has 0 saturated carbocycles. The van der Waals surface area contributed by atoms with Gasteiger partial charge in [0, 0.05) is 25.3 Å². The highest BCUT2D eigenvalue weighted by atomic mass is 32.2. The normalized spacial score (nSPS) is 13.4. The molecule has 1 aliphatic carbocycles. The van der Waals surface area contributed by atoms with Gasteiger partial charge in [-0.2, -0.15) is 0 Å². The van der Waals surface area contributed by atoms with Crippen LogP contribution < -0.4 is 19.9 Å². The third kappa shape index (κ3) is 5.70. The SMILES string of the molecule is COc1cc2nc(SCC(=O)N(C)c3ccccc3)n(CCC3=CCCCC3)c(=O)c2cc1OC. The Morgan fingerprint density at radius 3 is 2.54 bits per heavy atom. The number of ether oxygens (including phenoxy) is 2. The maximum atomic E-state index is 13.6. The van der Waals surface area contributed by atoms with Crippen LogP contribution in [0.25, 0.3) is 10.9 Å². The van der Waals surface area contributed by atoms with Gasteiger partial charge in [-0.3, -0.25) is 14.2 Å². The number of aromatic nitrogens is 2. The molecule has 0 bridgehead atoms. The fourth-order valence-electron chi connectivity index (χ4n) is 4.24. The van der Waals surface area contributed by atoms with E-state index in [1.807, 2.05) is 30.3 Å². The Morgan fingerprint density at radius 2 is 1.86 bits per heavy atom. The number of para-hydroxylation sites is 1. The molecule has 1 aromatic heterocycles. The van der Waals surface area contributed by atoms with Crippen molar-refractivity contribution in [2.45, 2.75) is 43.8 Å². The van der Waals surface area contributed by atoms with Crippen LogP contribution in [0.5, 0.6) is 11.5 Å². The van der Waals surface area contributed by atoms with Crippen molar-refractivity contribution in [1.29, 1.82) is 0 Å². The molecule has 0 saturated heterocycles. The van der Waals surface area contributed by atoms with Gasteiger partial charge in [0.05, 0.1) is 30.9 Å². The second kappa shape index (κ2) is 11.4. The smallest absolute Gasteiger partial charge is 0.262 e. The van der Waals surface area contributed by atoms with Crippen LogP contribution >= 0.6 is 11.8 Å². The molecule has 4 rings (SSSR count). The van der Waals surface area contributed by atoms with Crippen molar-refractivity contribution in [1.82, 2.24) is 9.55 Å². The lowest BCUT2D eigenvalue weighted by atomic mass is 9.97. The van der Waals surface area contributed by atoms with E-state index >= 15 is 0 Å². The van der Waals surface area contributed by atoms with E-state index < -0.39 is 0 Å². The van der Waals surface area contributed by atoms with E-state index in [9.17, 15) is 9.59 Å². The first kappa shape index (κ1) is 24.9. The standard InChI is InChI=1S/C27H31N3O4S/c1-29(20-12-8-5-9-13-20)25(31)18-35-27-28-22-17-24(34-3)23(33-2)16-21(22)26(32)30(27)15-14-19-10-6-4-7-11-19/h5,8-10,12-13,16-17H,4,6-7,11,14-15,18H2,1-3H3. The number of rotatable bonds is 9. The van der Waals surface area contributed by atoms with Crippen LogP contribution in [-0.4, -0.2) is 42.5 Å².